The number of hydrogen-bond acceptors (Lipinski definition) is 2. The van der Waals surface area contributed by atoms with Crippen molar-refractivity contribution in [3.8, 4) is 0 Å². The number of aliphatic hydroxyl groups excluding tert-OH is 1. The summed E-state index contributed by atoms with van der Waals surface area (Å²) in [4.78, 5) is 12.0. The molecule has 1 unspecified atom stereocenters. The predicted molar refractivity (Wildman–Crippen MR) is 65.0 cm³/mol. The highest BCUT2D eigenvalue weighted by Crippen LogP contribution is 2.26. The Morgan fingerprint density at radius 2 is 1.81 bits per heavy atom. The summed E-state index contributed by atoms with van der Waals surface area (Å²) in [6.45, 7) is 7.51. The second kappa shape index (κ2) is 5.17. The van der Waals surface area contributed by atoms with E-state index in [1.165, 1.54) is 12.8 Å². The Balaban J connectivity index is 2.46. The van der Waals surface area contributed by atoms with Crippen LogP contribution in [0.15, 0.2) is 0 Å². The lowest BCUT2D eigenvalue weighted by Gasteiger charge is -2.32. The maximum Gasteiger partial charge on any atom is 0.228 e. The van der Waals surface area contributed by atoms with Crippen LogP contribution in [-0.4, -0.2) is 23.2 Å². The molecule has 94 valence electrons. The molecular weight excluding hydrogens is 202 g/mol. The zero-order valence-electron chi connectivity index (χ0n) is 10.9. The number of hydrogen-bond donors (Lipinski definition) is 2. The minimum atomic E-state index is -0.691. The lowest BCUT2D eigenvalue weighted by atomic mass is 9.84. The minimum absolute atomic E-state index is 0.0259. The van der Waals surface area contributed by atoms with Crippen LogP contribution >= 0.6 is 0 Å². The van der Waals surface area contributed by atoms with Crippen molar-refractivity contribution in [3.05, 3.63) is 0 Å². The zero-order chi connectivity index (χ0) is 12.3. The molecule has 1 rings (SSSR count). The van der Waals surface area contributed by atoms with Gasteiger partial charge in [-0.15, -0.1) is 0 Å². The third-order valence-corrected chi connectivity index (χ3v) is 3.98. The van der Waals surface area contributed by atoms with Crippen LogP contribution in [0, 0.1) is 11.3 Å². The van der Waals surface area contributed by atoms with Gasteiger partial charge in [-0.1, -0.05) is 6.92 Å². The molecule has 0 radical (unpaired) electrons. The van der Waals surface area contributed by atoms with Crippen molar-refractivity contribution in [3.63, 3.8) is 0 Å². The van der Waals surface area contributed by atoms with E-state index >= 15 is 0 Å². The van der Waals surface area contributed by atoms with Crippen LogP contribution in [0.4, 0.5) is 0 Å². The first kappa shape index (κ1) is 13.5. The van der Waals surface area contributed by atoms with E-state index in [1.807, 2.05) is 0 Å². The fraction of sp³-hybridized carbons (Fsp3) is 0.923. The molecule has 0 aromatic rings. The van der Waals surface area contributed by atoms with Crippen LogP contribution in [0.25, 0.3) is 0 Å². The number of nitrogens with one attached hydrogen (secondary N) is 1. The first-order valence-corrected chi connectivity index (χ1v) is 6.33. The largest absolute Gasteiger partial charge is 0.392 e. The van der Waals surface area contributed by atoms with E-state index < -0.39 is 11.5 Å². The molecule has 2 N–H and O–H groups in total. The summed E-state index contributed by atoms with van der Waals surface area (Å²) < 4.78 is 0. The van der Waals surface area contributed by atoms with Gasteiger partial charge in [0.1, 0.15) is 0 Å². The van der Waals surface area contributed by atoms with Crippen molar-refractivity contribution in [2.75, 3.05) is 0 Å². The van der Waals surface area contributed by atoms with Gasteiger partial charge >= 0.3 is 0 Å². The Morgan fingerprint density at radius 3 is 2.25 bits per heavy atom. The van der Waals surface area contributed by atoms with Crippen LogP contribution < -0.4 is 5.32 Å². The van der Waals surface area contributed by atoms with Gasteiger partial charge in [0, 0.05) is 6.04 Å². The lowest BCUT2D eigenvalue weighted by molar-refractivity contribution is -0.135. The molecule has 3 heteroatoms. The van der Waals surface area contributed by atoms with E-state index in [2.05, 4.69) is 12.2 Å². The second-order valence-electron chi connectivity index (χ2n) is 5.83. The summed E-state index contributed by atoms with van der Waals surface area (Å²) in [6.07, 6.45) is 3.92. The summed E-state index contributed by atoms with van der Waals surface area (Å²) in [7, 11) is 0. The molecular formula is C13H25NO2. The van der Waals surface area contributed by atoms with Crippen molar-refractivity contribution in [2.24, 2.45) is 11.3 Å². The van der Waals surface area contributed by atoms with Crippen molar-refractivity contribution < 1.29 is 9.90 Å². The third-order valence-electron chi connectivity index (χ3n) is 3.98. The average Bonchev–Trinajstić information content (AvgIpc) is 2.21. The standard InChI is InChI=1S/C13H25NO2/c1-9-5-7-11(8-6-9)14-12(16)13(3,4)10(2)15/h9-11,15H,5-8H2,1-4H3,(H,14,16). The predicted octanol–water partition coefficient (Wildman–Crippen LogP) is 2.09. The molecule has 0 bridgehead atoms. The van der Waals surface area contributed by atoms with E-state index in [0.717, 1.165) is 18.8 Å². The first-order valence-electron chi connectivity index (χ1n) is 6.33. The molecule has 0 aromatic heterocycles. The molecule has 1 amide bonds. The van der Waals surface area contributed by atoms with Gasteiger partial charge in [0.2, 0.25) is 5.91 Å². The van der Waals surface area contributed by atoms with E-state index in [1.54, 1.807) is 20.8 Å². The summed E-state index contributed by atoms with van der Waals surface area (Å²) in [6, 6.07) is 0.307. The zero-order valence-corrected chi connectivity index (χ0v) is 10.9. The van der Waals surface area contributed by atoms with Gasteiger partial charge in [0.25, 0.3) is 0 Å². The summed E-state index contributed by atoms with van der Waals surface area (Å²) in [5.41, 5.74) is -0.691. The molecule has 1 aliphatic rings. The molecule has 0 saturated heterocycles. The summed E-state index contributed by atoms with van der Waals surface area (Å²) in [5, 5.41) is 12.6. The van der Waals surface area contributed by atoms with Crippen molar-refractivity contribution >= 4 is 5.91 Å². The highest BCUT2D eigenvalue weighted by Gasteiger charge is 2.34. The van der Waals surface area contributed by atoms with Crippen LogP contribution in [0.3, 0.4) is 0 Å². The lowest BCUT2D eigenvalue weighted by Crippen LogP contribution is -2.48. The summed E-state index contributed by atoms with van der Waals surface area (Å²) in [5.74, 6) is 0.764. The first-order chi connectivity index (χ1) is 7.34. The average molecular weight is 227 g/mol. The van der Waals surface area contributed by atoms with Crippen molar-refractivity contribution in [2.45, 2.75) is 65.5 Å². The topological polar surface area (TPSA) is 49.3 Å². The molecule has 0 aliphatic heterocycles. The number of aliphatic hydroxyl groups is 1. The van der Waals surface area contributed by atoms with Gasteiger partial charge < -0.3 is 10.4 Å². The van der Waals surface area contributed by atoms with Gasteiger partial charge in [-0.2, -0.15) is 0 Å². The molecule has 3 nitrogen and oxygen atoms in total. The highest BCUT2D eigenvalue weighted by molar-refractivity contribution is 5.82. The van der Waals surface area contributed by atoms with Crippen molar-refractivity contribution in [1.29, 1.82) is 0 Å². The van der Waals surface area contributed by atoms with Gasteiger partial charge in [-0.3, -0.25) is 4.79 Å². The number of carbonyl (C=O) groups is 1. The van der Waals surface area contributed by atoms with Crippen LogP contribution in [0.5, 0.6) is 0 Å². The normalized spacial score (nSPS) is 28.6. The molecule has 1 atom stereocenters. The second-order valence-corrected chi connectivity index (χ2v) is 5.83. The Morgan fingerprint density at radius 1 is 1.31 bits per heavy atom. The number of amides is 1. The smallest absolute Gasteiger partial charge is 0.228 e. The van der Waals surface area contributed by atoms with E-state index in [4.69, 9.17) is 0 Å². The van der Waals surface area contributed by atoms with Crippen LogP contribution in [0.2, 0.25) is 0 Å². The number of carbonyl (C=O) groups excluding carboxylic acids is 1. The molecule has 16 heavy (non-hydrogen) atoms. The van der Waals surface area contributed by atoms with Gasteiger partial charge in [-0.25, -0.2) is 0 Å². The molecule has 1 saturated carbocycles. The van der Waals surface area contributed by atoms with Gasteiger partial charge in [0.05, 0.1) is 11.5 Å². The maximum atomic E-state index is 12.0. The Labute approximate surface area is 98.6 Å². The number of rotatable bonds is 3. The molecule has 0 heterocycles. The minimum Gasteiger partial charge on any atom is -0.392 e. The summed E-state index contributed by atoms with van der Waals surface area (Å²) >= 11 is 0. The third kappa shape index (κ3) is 3.21. The Hall–Kier alpha value is -0.570. The SMILES string of the molecule is CC1CCC(NC(=O)C(C)(C)C(C)O)CC1. The van der Waals surface area contributed by atoms with Gasteiger partial charge in [0.15, 0.2) is 0 Å². The van der Waals surface area contributed by atoms with Gasteiger partial charge in [-0.05, 0) is 52.4 Å². The fourth-order valence-corrected chi connectivity index (χ4v) is 1.97. The van der Waals surface area contributed by atoms with E-state index in [9.17, 15) is 9.90 Å². The van der Waals surface area contributed by atoms with E-state index in [0.29, 0.717) is 6.04 Å². The molecule has 1 fully saturated rings. The fourth-order valence-electron chi connectivity index (χ4n) is 1.97. The van der Waals surface area contributed by atoms with Crippen LogP contribution in [-0.2, 0) is 4.79 Å². The van der Waals surface area contributed by atoms with Crippen molar-refractivity contribution in [1.82, 2.24) is 5.32 Å². The monoisotopic (exact) mass is 227 g/mol. The molecule has 0 spiro atoms. The maximum absolute atomic E-state index is 12.0. The quantitative estimate of drug-likeness (QED) is 0.775. The Kier molecular flexibility index (Phi) is 4.36. The molecule has 0 aromatic carbocycles. The molecule has 1 aliphatic carbocycles. The van der Waals surface area contributed by atoms with E-state index in [-0.39, 0.29) is 5.91 Å². The Bertz CT molecular complexity index is 240. The highest BCUT2D eigenvalue weighted by atomic mass is 16.3. The van der Waals surface area contributed by atoms with Crippen LogP contribution in [0.1, 0.15) is 53.4 Å².